The highest BCUT2D eigenvalue weighted by molar-refractivity contribution is 6.07. The van der Waals surface area contributed by atoms with E-state index in [1.807, 2.05) is 48.1 Å². The summed E-state index contributed by atoms with van der Waals surface area (Å²) in [6.45, 7) is 1.54. The van der Waals surface area contributed by atoms with Crippen LogP contribution in [0, 0.1) is 0 Å². The van der Waals surface area contributed by atoms with Gasteiger partial charge in [-0.3, -0.25) is 14.3 Å². The van der Waals surface area contributed by atoms with Crippen LogP contribution in [0.2, 0.25) is 0 Å². The van der Waals surface area contributed by atoms with Crippen LogP contribution in [0.1, 0.15) is 22.1 Å². The Kier molecular flexibility index (Phi) is 4.87. The highest BCUT2D eigenvalue weighted by Gasteiger charge is 2.34. The van der Waals surface area contributed by atoms with Crippen LogP contribution in [-0.2, 0) is 23.1 Å². The van der Waals surface area contributed by atoms with E-state index in [1.165, 1.54) is 0 Å². The summed E-state index contributed by atoms with van der Waals surface area (Å²) in [5.41, 5.74) is 2.48. The van der Waals surface area contributed by atoms with Crippen molar-refractivity contribution in [3.8, 4) is 0 Å². The Balaban J connectivity index is 1.62. The van der Waals surface area contributed by atoms with Gasteiger partial charge in [-0.05, 0) is 12.1 Å². The number of amides is 2. The summed E-state index contributed by atoms with van der Waals surface area (Å²) in [5.74, 6) is -0.253. The predicted octanol–water partition coefficient (Wildman–Crippen LogP) is 1.33. The molecule has 0 fully saturated rings. The molecular weight excluding hydrogens is 358 g/mol. The molecule has 2 aromatic heterocycles. The lowest BCUT2D eigenvalue weighted by Gasteiger charge is -2.33. The largest absolute Gasteiger partial charge is 0.383 e. The lowest BCUT2D eigenvalue weighted by Crippen LogP contribution is -2.47. The Morgan fingerprint density at radius 3 is 2.93 bits per heavy atom. The number of aromatic nitrogens is 3. The number of benzene rings is 1. The monoisotopic (exact) mass is 381 g/mol. The number of nitrogens with one attached hydrogen (secondary N) is 1. The van der Waals surface area contributed by atoms with Gasteiger partial charge in [0.15, 0.2) is 0 Å². The molecule has 1 atom stereocenters. The number of rotatable bonds is 5. The molecule has 0 radical (unpaired) electrons. The van der Waals surface area contributed by atoms with Gasteiger partial charge in [0.05, 0.1) is 31.0 Å². The predicted molar refractivity (Wildman–Crippen MR) is 104 cm³/mol. The van der Waals surface area contributed by atoms with E-state index in [1.54, 1.807) is 22.9 Å². The number of fused-ring (bicyclic) bond motifs is 2. The second kappa shape index (κ2) is 7.47. The maximum atomic E-state index is 13.3. The van der Waals surface area contributed by atoms with E-state index in [0.717, 1.165) is 16.6 Å². The normalized spacial score (nSPS) is 16.2. The van der Waals surface area contributed by atoms with Crippen LogP contribution in [0.4, 0.5) is 0 Å². The van der Waals surface area contributed by atoms with E-state index in [9.17, 15) is 9.59 Å². The van der Waals surface area contributed by atoms with Gasteiger partial charge in [-0.25, -0.2) is 0 Å². The number of para-hydroxylation sites is 1. The van der Waals surface area contributed by atoms with Crippen molar-refractivity contribution in [3.63, 3.8) is 0 Å². The second-order valence-corrected chi connectivity index (χ2v) is 6.92. The van der Waals surface area contributed by atoms with Crippen molar-refractivity contribution < 1.29 is 14.3 Å². The first-order valence-corrected chi connectivity index (χ1v) is 9.22. The van der Waals surface area contributed by atoms with Crippen LogP contribution in [0.25, 0.3) is 10.9 Å². The topological polar surface area (TPSA) is 81.4 Å². The first-order chi connectivity index (χ1) is 13.6. The number of carbonyl (C=O) groups is 2. The maximum absolute atomic E-state index is 13.3. The molecule has 1 aliphatic heterocycles. The van der Waals surface area contributed by atoms with Gasteiger partial charge >= 0.3 is 0 Å². The van der Waals surface area contributed by atoms with Gasteiger partial charge in [0.25, 0.3) is 5.91 Å². The standard InChI is InChI=1S/C20H23N5O3/c1-23-12-16(15-5-3-4-6-17(15)23)20(27)24-11-14-7-8-22-25(14)18(13-24)19(26)21-9-10-28-2/h3-8,12,18H,9-11,13H2,1-2H3,(H,21,26). The third-order valence-corrected chi connectivity index (χ3v) is 5.12. The molecule has 1 unspecified atom stereocenters. The van der Waals surface area contributed by atoms with Gasteiger partial charge in [0, 0.05) is 44.0 Å². The van der Waals surface area contributed by atoms with Gasteiger partial charge < -0.3 is 19.5 Å². The Morgan fingerprint density at radius 2 is 2.11 bits per heavy atom. The fourth-order valence-electron chi connectivity index (χ4n) is 3.72. The molecule has 4 rings (SSSR count). The third kappa shape index (κ3) is 3.16. The van der Waals surface area contributed by atoms with Gasteiger partial charge in [-0.2, -0.15) is 5.10 Å². The first kappa shape index (κ1) is 18.2. The Bertz CT molecular complexity index is 1020. The SMILES string of the molecule is COCCNC(=O)C1CN(C(=O)c2cn(C)c3ccccc23)Cc2ccnn21. The summed E-state index contributed by atoms with van der Waals surface area (Å²) >= 11 is 0. The molecular formula is C20H23N5O3. The molecule has 8 nitrogen and oxygen atoms in total. The molecule has 0 spiro atoms. The number of ether oxygens (including phenoxy) is 1. The molecule has 28 heavy (non-hydrogen) atoms. The summed E-state index contributed by atoms with van der Waals surface area (Å²) in [4.78, 5) is 27.7. The van der Waals surface area contributed by atoms with Crippen molar-refractivity contribution in [2.45, 2.75) is 12.6 Å². The minimum Gasteiger partial charge on any atom is -0.383 e. The zero-order valence-electron chi connectivity index (χ0n) is 16.0. The summed E-state index contributed by atoms with van der Waals surface area (Å²) in [5, 5.41) is 8.05. The minimum atomic E-state index is -0.561. The fourth-order valence-corrected chi connectivity index (χ4v) is 3.72. The van der Waals surface area contributed by atoms with E-state index in [2.05, 4.69) is 10.4 Å². The van der Waals surface area contributed by atoms with Crippen molar-refractivity contribution in [1.29, 1.82) is 0 Å². The van der Waals surface area contributed by atoms with Crippen molar-refractivity contribution in [3.05, 3.63) is 54.0 Å². The third-order valence-electron chi connectivity index (χ3n) is 5.12. The fraction of sp³-hybridized carbons (Fsp3) is 0.350. The Labute approximate surface area is 162 Å². The second-order valence-electron chi connectivity index (χ2n) is 6.92. The average molecular weight is 381 g/mol. The number of hydrogen-bond acceptors (Lipinski definition) is 4. The summed E-state index contributed by atoms with van der Waals surface area (Å²) < 4.78 is 8.64. The lowest BCUT2D eigenvalue weighted by molar-refractivity contribution is -0.125. The van der Waals surface area contributed by atoms with Crippen molar-refractivity contribution in [2.75, 3.05) is 26.8 Å². The molecule has 0 saturated carbocycles. The van der Waals surface area contributed by atoms with Gasteiger partial charge in [-0.15, -0.1) is 0 Å². The van der Waals surface area contributed by atoms with Crippen LogP contribution in [-0.4, -0.2) is 57.9 Å². The molecule has 146 valence electrons. The molecule has 1 N–H and O–H groups in total. The number of hydrogen-bond donors (Lipinski definition) is 1. The van der Waals surface area contributed by atoms with Crippen LogP contribution in [0.3, 0.4) is 0 Å². The van der Waals surface area contributed by atoms with Crippen molar-refractivity contribution in [1.82, 2.24) is 24.6 Å². The van der Waals surface area contributed by atoms with Gasteiger partial charge in [0.2, 0.25) is 5.91 Å². The van der Waals surface area contributed by atoms with Crippen LogP contribution in [0.15, 0.2) is 42.7 Å². The number of methoxy groups -OCH3 is 1. The zero-order valence-corrected chi connectivity index (χ0v) is 16.0. The van der Waals surface area contributed by atoms with Crippen LogP contribution < -0.4 is 5.32 Å². The Morgan fingerprint density at radius 1 is 1.29 bits per heavy atom. The highest BCUT2D eigenvalue weighted by atomic mass is 16.5. The molecule has 1 aliphatic rings. The maximum Gasteiger partial charge on any atom is 0.256 e. The zero-order chi connectivity index (χ0) is 19.7. The van der Waals surface area contributed by atoms with E-state index in [0.29, 0.717) is 25.3 Å². The molecule has 2 amide bonds. The molecule has 0 aliphatic carbocycles. The minimum absolute atomic E-state index is 0.0843. The number of aryl methyl sites for hydroxylation is 1. The first-order valence-electron chi connectivity index (χ1n) is 9.22. The summed E-state index contributed by atoms with van der Waals surface area (Å²) in [7, 11) is 3.51. The number of nitrogens with zero attached hydrogens (tertiary/aromatic N) is 4. The molecule has 0 bridgehead atoms. The Hall–Kier alpha value is -3.13. The summed E-state index contributed by atoms with van der Waals surface area (Å²) in [6.07, 6.45) is 3.52. The molecule has 3 aromatic rings. The molecule has 3 heterocycles. The number of carbonyl (C=O) groups excluding carboxylic acids is 2. The van der Waals surface area contributed by atoms with Gasteiger partial charge in [-0.1, -0.05) is 18.2 Å². The molecule has 8 heteroatoms. The lowest BCUT2D eigenvalue weighted by atomic mass is 10.1. The average Bonchev–Trinajstić information content (AvgIpc) is 3.31. The molecule has 1 aromatic carbocycles. The molecule has 0 saturated heterocycles. The van der Waals surface area contributed by atoms with Gasteiger partial charge in [0.1, 0.15) is 6.04 Å². The van der Waals surface area contributed by atoms with E-state index in [4.69, 9.17) is 4.74 Å². The van der Waals surface area contributed by atoms with E-state index in [-0.39, 0.29) is 18.4 Å². The van der Waals surface area contributed by atoms with E-state index < -0.39 is 6.04 Å². The smallest absolute Gasteiger partial charge is 0.256 e. The van der Waals surface area contributed by atoms with Crippen LogP contribution in [0.5, 0.6) is 0 Å². The highest BCUT2D eigenvalue weighted by Crippen LogP contribution is 2.26. The van der Waals surface area contributed by atoms with Crippen LogP contribution >= 0.6 is 0 Å². The van der Waals surface area contributed by atoms with E-state index >= 15 is 0 Å². The van der Waals surface area contributed by atoms with Crippen molar-refractivity contribution in [2.24, 2.45) is 7.05 Å². The van der Waals surface area contributed by atoms with Crippen molar-refractivity contribution >= 4 is 22.7 Å². The quantitative estimate of drug-likeness (QED) is 0.676. The summed E-state index contributed by atoms with van der Waals surface area (Å²) in [6, 6.07) is 9.11.